The van der Waals surface area contributed by atoms with Crippen molar-refractivity contribution in [3.05, 3.63) is 47.5 Å². The molecular weight excluding hydrogens is 378 g/mol. The summed E-state index contributed by atoms with van der Waals surface area (Å²) in [6, 6.07) is 9.98. The molecule has 9 heteroatoms. The van der Waals surface area contributed by atoms with Crippen LogP contribution in [-0.2, 0) is 4.79 Å². The van der Waals surface area contributed by atoms with Gasteiger partial charge in [0.15, 0.2) is 11.5 Å². The lowest BCUT2D eigenvalue weighted by Gasteiger charge is -2.12. The summed E-state index contributed by atoms with van der Waals surface area (Å²) in [6.45, 7) is -0.233. The largest absolute Gasteiger partial charge is 0.497 e. The molecule has 29 heavy (non-hydrogen) atoms. The van der Waals surface area contributed by atoms with E-state index in [0.29, 0.717) is 34.1 Å². The second-order valence-corrected chi connectivity index (χ2v) is 5.67. The fourth-order valence-electron chi connectivity index (χ4n) is 2.42. The molecule has 0 heterocycles. The Bertz CT molecular complexity index is 873. The Morgan fingerprint density at radius 2 is 1.66 bits per heavy atom. The average Bonchev–Trinajstić information content (AvgIpc) is 2.76. The minimum absolute atomic E-state index is 0.233. The minimum Gasteiger partial charge on any atom is -0.497 e. The summed E-state index contributed by atoms with van der Waals surface area (Å²) in [5.41, 5.74) is 3.35. The van der Waals surface area contributed by atoms with E-state index in [0.717, 1.165) is 0 Å². The molecule has 0 aliphatic heterocycles. The third-order valence-corrected chi connectivity index (χ3v) is 3.83. The first-order valence-corrected chi connectivity index (χ1v) is 8.56. The Morgan fingerprint density at radius 1 is 0.966 bits per heavy atom. The highest BCUT2D eigenvalue weighted by atomic mass is 16.5. The monoisotopic (exact) mass is 401 g/mol. The summed E-state index contributed by atoms with van der Waals surface area (Å²) < 4.78 is 20.8. The number of carbonyl (C=O) groups is 2. The molecule has 0 aliphatic carbocycles. The first kappa shape index (κ1) is 21.5. The van der Waals surface area contributed by atoms with Gasteiger partial charge in [-0.15, -0.1) is 0 Å². The van der Waals surface area contributed by atoms with E-state index in [1.807, 2.05) is 0 Å². The Balaban J connectivity index is 1.93. The molecule has 0 aliphatic rings. The van der Waals surface area contributed by atoms with Crippen LogP contribution in [0.5, 0.6) is 23.0 Å². The van der Waals surface area contributed by atoms with Gasteiger partial charge in [0.2, 0.25) is 5.75 Å². The number of ether oxygens (including phenoxy) is 4. The van der Waals surface area contributed by atoms with Crippen LogP contribution in [0.3, 0.4) is 0 Å². The molecule has 2 rings (SSSR count). The summed E-state index contributed by atoms with van der Waals surface area (Å²) in [6.07, 6.45) is 1.42. The van der Waals surface area contributed by atoms with Crippen LogP contribution in [0, 0.1) is 0 Å². The van der Waals surface area contributed by atoms with Crippen LogP contribution >= 0.6 is 0 Å². The maximum absolute atomic E-state index is 12.1. The number of hydrazone groups is 1. The molecule has 0 atom stereocenters. The van der Waals surface area contributed by atoms with Gasteiger partial charge in [-0.3, -0.25) is 9.59 Å². The Labute approximate surface area is 168 Å². The van der Waals surface area contributed by atoms with Crippen LogP contribution in [0.1, 0.15) is 15.9 Å². The van der Waals surface area contributed by atoms with E-state index >= 15 is 0 Å². The molecule has 0 fully saturated rings. The molecule has 0 bridgehead atoms. The second kappa shape index (κ2) is 10.5. The number of hydrogen-bond donors (Lipinski definition) is 2. The average molecular weight is 401 g/mol. The number of rotatable bonds is 9. The van der Waals surface area contributed by atoms with Crippen molar-refractivity contribution in [2.45, 2.75) is 0 Å². The van der Waals surface area contributed by atoms with E-state index in [4.69, 9.17) is 18.9 Å². The quantitative estimate of drug-likeness (QED) is 0.488. The third-order valence-electron chi connectivity index (χ3n) is 3.83. The van der Waals surface area contributed by atoms with Crippen molar-refractivity contribution >= 4 is 18.0 Å². The lowest BCUT2D eigenvalue weighted by Crippen LogP contribution is -2.34. The smallest absolute Gasteiger partial charge is 0.259 e. The van der Waals surface area contributed by atoms with Crippen molar-refractivity contribution in [2.24, 2.45) is 5.10 Å². The topological polar surface area (TPSA) is 107 Å². The zero-order valence-corrected chi connectivity index (χ0v) is 16.6. The van der Waals surface area contributed by atoms with Crippen LogP contribution in [0.4, 0.5) is 0 Å². The molecule has 0 aromatic heterocycles. The van der Waals surface area contributed by atoms with Gasteiger partial charge < -0.3 is 24.3 Å². The molecular formula is C20H23N3O6. The standard InChI is InChI=1S/C20H23N3O6/c1-26-15-7-5-6-14(10-15)20(25)21-12-18(24)23-22-11-13-8-16(27-2)19(29-4)17(9-13)28-3/h5-11H,12H2,1-4H3,(H,21,25)(H,23,24)/b22-11+. The Kier molecular flexibility index (Phi) is 7.84. The summed E-state index contributed by atoms with van der Waals surface area (Å²) in [4.78, 5) is 24.0. The number of nitrogens with zero attached hydrogens (tertiary/aromatic N) is 1. The predicted octanol–water partition coefficient (Wildman–Crippen LogP) is 1.60. The van der Waals surface area contributed by atoms with Crippen molar-refractivity contribution in [3.63, 3.8) is 0 Å². The van der Waals surface area contributed by atoms with Crippen molar-refractivity contribution in [3.8, 4) is 23.0 Å². The predicted molar refractivity (Wildman–Crippen MR) is 107 cm³/mol. The normalized spacial score (nSPS) is 10.3. The fourth-order valence-corrected chi connectivity index (χ4v) is 2.42. The van der Waals surface area contributed by atoms with E-state index in [2.05, 4.69) is 15.8 Å². The van der Waals surface area contributed by atoms with Gasteiger partial charge in [0, 0.05) is 11.1 Å². The highest BCUT2D eigenvalue weighted by Gasteiger charge is 2.12. The van der Waals surface area contributed by atoms with E-state index in [1.165, 1.54) is 34.7 Å². The van der Waals surface area contributed by atoms with E-state index in [-0.39, 0.29) is 6.54 Å². The van der Waals surface area contributed by atoms with Gasteiger partial charge >= 0.3 is 0 Å². The molecule has 0 saturated carbocycles. The van der Waals surface area contributed by atoms with Crippen LogP contribution in [0.15, 0.2) is 41.5 Å². The SMILES string of the molecule is COc1cccc(C(=O)NCC(=O)N/N=C/c2cc(OC)c(OC)c(OC)c2)c1. The first-order chi connectivity index (χ1) is 14.0. The summed E-state index contributed by atoms with van der Waals surface area (Å²) in [5, 5.41) is 6.39. The van der Waals surface area contributed by atoms with Gasteiger partial charge in [0.1, 0.15) is 5.75 Å². The Hall–Kier alpha value is -3.75. The molecule has 2 N–H and O–H groups in total. The van der Waals surface area contributed by atoms with Gasteiger partial charge in [0.25, 0.3) is 11.8 Å². The number of nitrogens with one attached hydrogen (secondary N) is 2. The molecule has 0 radical (unpaired) electrons. The van der Waals surface area contributed by atoms with Crippen LogP contribution < -0.4 is 29.7 Å². The molecule has 0 saturated heterocycles. The third kappa shape index (κ3) is 5.86. The second-order valence-electron chi connectivity index (χ2n) is 5.67. The zero-order valence-electron chi connectivity index (χ0n) is 16.6. The number of benzene rings is 2. The first-order valence-electron chi connectivity index (χ1n) is 8.56. The van der Waals surface area contributed by atoms with Gasteiger partial charge in [-0.1, -0.05) is 6.07 Å². The maximum atomic E-state index is 12.1. The molecule has 2 aromatic rings. The summed E-state index contributed by atoms with van der Waals surface area (Å²) in [5.74, 6) is 1.06. The lowest BCUT2D eigenvalue weighted by atomic mass is 10.2. The van der Waals surface area contributed by atoms with Crippen molar-refractivity contribution < 1.29 is 28.5 Å². The van der Waals surface area contributed by atoms with Gasteiger partial charge in [-0.25, -0.2) is 5.43 Å². The number of amides is 2. The highest BCUT2D eigenvalue weighted by Crippen LogP contribution is 2.37. The molecule has 2 amide bonds. The summed E-state index contributed by atoms with van der Waals surface area (Å²) in [7, 11) is 6.03. The fraction of sp³-hybridized carbons (Fsp3) is 0.250. The van der Waals surface area contributed by atoms with Gasteiger partial charge in [-0.05, 0) is 30.3 Å². The number of methoxy groups -OCH3 is 4. The number of hydrogen-bond acceptors (Lipinski definition) is 7. The maximum Gasteiger partial charge on any atom is 0.259 e. The molecule has 2 aromatic carbocycles. The minimum atomic E-state index is -0.482. The van der Waals surface area contributed by atoms with Crippen LogP contribution in [0.2, 0.25) is 0 Å². The van der Waals surface area contributed by atoms with Gasteiger partial charge in [0.05, 0.1) is 41.2 Å². The van der Waals surface area contributed by atoms with Crippen molar-refractivity contribution in [1.82, 2.24) is 10.7 Å². The molecule has 0 spiro atoms. The highest BCUT2D eigenvalue weighted by molar-refractivity contribution is 5.96. The van der Waals surface area contributed by atoms with Crippen molar-refractivity contribution in [1.29, 1.82) is 0 Å². The lowest BCUT2D eigenvalue weighted by molar-refractivity contribution is -0.120. The molecule has 0 unspecified atom stereocenters. The van der Waals surface area contributed by atoms with E-state index in [9.17, 15) is 9.59 Å². The Morgan fingerprint density at radius 3 is 2.24 bits per heavy atom. The number of carbonyl (C=O) groups excluding carboxylic acids is 2. The van der Waals surface area contributed by atoms with E-state index in [1.54, 1.807) is 36.4 Å². The molecule has 9 nitrogen and oxygen atoms in total. The van der Waals surface area contributed by atoms with Crippen molar-refractivity contribution in [2.75, 3.05) is 35.0 Å². The molecule has 154 valence electrons. The van der Waals surface area contributed by atoms with Gasteiger partial charge in [-0.2, -0.15) is 5.10 Å². The summed E-state index contributed by atoms with van der Waals surface area (Å²) >= 11 is 0. The van der Waals surface area contributed by atoms with E-state index < -0.39 is 11.8 Å². The zero-order chi connectivity index (χ0) is 21.2. The van der Waals surface area contributed by atoms with Crippen LogP contribution in [-0.4, -0.2) is 53.0 Å². The van der Waals surface area contributed by atoms with Crippen LogP contribution in [0.25, 0.3) is 0 Å².